The van der Waals surface area contributed by atoms with Gasteiger partial charge in [-0.2, -0.15) is 0 Å². The fraction of sp³-hybridized carbons (Fsp3) is 0.429. The Balaban J connectivity index is 2.43. The van der Waals surface area contributed by atoms with Gasteiger partial charge >= 0.3 is 0 Å². The van der Waals surface area contributed by atoms with Crippen molar-refractivity contribution >= 4 is 0 Å². The second kappa shape index (κ2) is 6.92. The van der Waals surface area contributed by atoms with Crippen molar-refractivity contribution in [3.8, 4) is 18.1 Å². The van der Waals surface area contributed by atoms with Gasteiger partial charge in [-0.15, -0.1) is 12.3 Å². The number of hydrogen-bond acceptors (Lipinski definition) is 2. The van der Waals surface area contributed by atoms with Crippen LogP contribution >= 0.6 is 0 Å². The van der Waals surface area contributed by atoms with E-state index in [-0.39, 0.29) is 6.10 Å². The SMILES string of the molecule is C#CCCCOc1ccc([C@H](O)CC)cc1. The zero-order valence-corrected chi connectivity index (χ0v) is 9.65. The second-order valence-electron chi connectivity index (χ2n) is 3.65. The molecule has 1 atom stereocenters. The minimum absolute atomic E-state index is 0.379. The molecule has 0 fully saturated rings. The van der Waals surface area contributed by atoms with Crippen LogP contribution in [0.15, 0.2) is 24.3 Å². The molecule has 0 aliphatic rings. The molecule has 0 spiro atoms. The van der Waals surface area contributed by atoms with E-state index in [1.54, 1.807) is 0 Å². The molecule has 1 N–H and O–H groups in total. The van der Waals surface area contributed by atoms with Gasteiger partial charge in [-0.3, -0.25) is 0 Å². The number of aliphatic hydroxyl groups is 1. The van der Waals surface area contributed by atoms with E-state index in [0.717, 1.165) is 30.6 Å². The lowest BCUT2D eigenvalue weighted by Crippen LogP contribution is -1.98. The highest BCUT2D eigenvalue weighted by Gasteiger charge is 2.03. The summed E-state index contributed by atoms with van der Waals surface area (Å²) in [5.74, 6) is 3.40. The molecule has 16 heavy (non-hydrogen) atoms. The quantitative estimate of drug-likeness (QED) is 0.587. The molecule has 1 aromatic carbocycles. The molecule has 2 heteroatoms. The highest BCUT2D eigenvalue weighted by atomic mass is 16.5. The fourth-order valence-corrected chi connectivity index (χ4v) is 1.39. The molecule has 0 heterocycles. The Kier molecular flexibility index (Phi) is 5.45. The molecule has 1 aromatic rings. The summed E-state index contributed by atoms with van der Waals surface area (Å²) in [7, 11) is 0. The number of unbranched alkanes of at least 4 members (excludes halogenated alkanes) is 1. The molecular formula is C14H18O2. The van der Waals surface area contributed by atoms with Gasteiger partial charge in [0.2, 0.25) is 0 Å². The standard InChI is InChI=1S/C14H18O2/c1-3-5-6-11-16-13-9-7-12(8-10-13)14(15)4-2/h1,7-10,14-15H,4-6,11H2,2H3/t14-/m1/s1. The van der Waals surface area contributed by atoms with Crippen LogP contribution in [0.2, 0.25) is 0 Å². The minimum atomic E-state index is -0.379. The number of hydrogen-bond donors (Lipinski definition) is 1. The van der Waals surface area contributed by atoms with E-state index in [1.807, 2.05) is 31.2 Å². The Hall–Kier alpha value is -1.46. The van der Waals surface area contributed by atoms with Gasteiger partial charge in [0.05, 0.1) is 12.7 Å². The Labute approximate surface area is 97.3 Å². The van der Waals surface area contributed by atoms with Gasteiger partial charge in [-0.05, 0) is 30.5 Å². The van der Waals surface area contributed by atoms with Crippen molar-refractivity contribution in [2.24, 2.45) is 0 Å². The van der Waals surface area contributed by atoms with Crippen molar-refractivity contribution < 1.29 is 9.84 Å². The number of ether oxygens (including phenoxy) is 1. The van der Waals surface area contributed by atoms with E-state index in [9.17, 15) is 5.11 Å². The van der Waals surface area contributed by atoms with E-state index in [0.29, 0.717) is 6.61 Å². The third-order valence-electron chi connectivity index (χ3n) is 2.39. The smallest absolute Gasteiger partial charge is 0.119 e. The molecule has 0 amide bonds. The highest BCUT2D eigenvalue weighted by Crippen LogP contribution is 2.19. The summed E-state index contributed by atoms with van der Waals surface area (Å²) in [4.78, 5) is 0. The molecule has 0 saturated heterocycles. The van der Waals surface area contributed by atoms with Crippen molar-refractivity contribution in [2.45, 2.75) is 32.3 Å². The van der Waals surface area contributed by atoms with Gasteiger partial charge in [0.1, 0.15) is 5.75 Å². The maximum absolute atomic E-state index is 9.60. The molecule has 0 radical (unpaired) electrons. The van der Waals surface area contributed by atoms with Crippen LogP contribution in [-0.2, 0) is 0 Å². The predicted octanol–water partition coefficient (Wildman–Crippen LogP) is 2.92. The second-order valence-corrected chi connectivity index (χ2v) is 3.65. The summed E-state index contributed by atoms with van der Waals surface area (Å²) in [5.41, 5.74) is 0.929. The highest BCUT2D eigenvalue weighted by molar-refractivity contribution is 5.28. The van der Waals surface area contributed by atoms with Crippen LogP contribution < -0.4 is 4.74 Å². The molecule has 0 aliphatic carbocycles. The van der Waals surface area contributed by atoms with E-state index in [1.165, 1.54) is 0 Å². The third kappa shape index (κ3) is 3.96. The van der Waals surface area contributed by atoms with E-state index in [4.69, 9.17) is 11.2 Å². The number of benzene rings is 1. The summed E-state index contributed by atoms with van der Waals surface area (Å²) in [6.07, 6.45) is 7.10. The normalized spacial score (nSPS) is 11.8. The lowest BCUT2D eigenvalue weighted by atomic mass is 10.1. The summed E-state index contributed by atoms with van der Waals surface area (Å²) >= 11 is 0. The Morgan fingerprint density at radius 3 is 2.62 bits per heavy atom. The third-order valence-corrected chi connectivity index (χ3v) is 2.39. The molecular weight excluding hydrogens is 200 g/mol. The fourth-order valence-electron chi connectivity index (χ4n) is 1.39. The summed E-state index contributed by atoms with van der Waals surface area (Å²) in [6.45, 7) is 2.59. The zero-order chi connectivity index (χ0) is 11.8. The topological polar surface area (TPSA) is 29.5 Å². The van der Waals surface area contributed by atoms with Crippen LogP contribution in [0.4, 0.5) is 0 Å². The lowest BCUT2D eigenvalue weighted by molar-refractivity contribution is 0.173. The first-order valence-electron chi connectivity index (χ1n) is 5.62. The van der Waals surface area contributed by atoms with Crippen LogP contribution in [0.3, 0.4) is 0 Å². The molecule has 0 unspecified atom stereocenters. The van der Waals surface area contributed by atoms with Crippen LogP contribution in [0.5, 0.6) is 5.75 Å². The van der Waals surface area contributed by atoms with E-state index >= 15 is 0 Å². The first kappa shape index (κ1) is 12.6. The maximum Gasteiger partial charge on any atom is 0.119 e. The largest absolute Gasteiger partial charge is 0.494 e. The van der Waals surface area contributed by atoms with Gasteiger partial charge in [0.15, 0.2) is 0 Å². The molecule has 0 saturated carbocycles. The van der Waals surface area contributed by atoms with Crippen LogP contribution in [0, 0.1) is 12.3 Å². The summed E-state index contributed by atoms with van der Waals surface area (Å²) < 4.78 is 5.50. The Morgan fingerprint density at radius 2 is 2.06 bits per heavy atom. The number of rotatable bonds is 6. The van der Waals surface area contributed by atoms with Gasteiger partial charge in [-0.25, -0.2) is 0 Å². The van der Waals surface area contributed by atoms with Crippen molar-refractivity contribution in [1.29, 1.82) is 0 Å². The molecule has 0 aliphatic heterocycles. The monoisotopic (exact) mass is 218 g/mol. The van der Waals surface area contributed by atoms with E-state index < -0.39 is 0 Å². The van der Waals surface area contributed by atoms with Crippen LogP contribution in [0.25, 0.3) is 0 Å². The zero-order valence-electron chi connectivity index (χ0n) is 9.65. The van der Waals surface area contributed by atoms with Crippen LogP contribution in [-0.4, -0.2) is 11.7 Å². The Morgan fingerprint density at radius 1 is 1.38 bits per heavy atom. The Bertz CT molecular complexity index is 335. The van der Waals surface area contributed by atoms with Gasteiger partial charge in [-0.1, -0.05) is 19.1 Å². The molecule has 1 rings (SSSR count). The van der Waals surface area contributed by atoms with Crippen LogP contribution in [0.1, 0.15) is 37.9 Å². The number of aliphatic hydroxyl groups excluding tert-OH is 1. The van der Waals surface area contributed by atoms with Crippen molar-refractivity contribution in [1.82, 2.24) is 0 Å². The average molecular weight is 218 g/mol. The van der Waals surface area contributed by atoms with Gasteiger partial charge in [0, 0.05) is 6.42 Å². The first-order valence-corrected chi connectivity index (χ1v) is 5.62. The van der Waals surface area contributed by atoms with Crippen molar-refractivity contribution in [3.05, 3.63) is 29.8 Å². The van der Waals surface area contributed by atoms with Gasteiger partial charge in [0.25, 0.3) is 0 Å². The van der Waals surface area contributed by atoms with Crippen molar-refractivity contribution in [3.63, 3.8) is 0 Å². The summed E-state index contributed by atoms with van der Waals surface area (Å²) in [5, 5.41) is 9.60. The predicted molar refractivity (Wildman–Crippen MR) is 65.3 cm³/mol. The van der Waals surface area contributed by atoms with E-state index in [2.05, 4.69) is 5.92 Å². The minimum Gasteiger partial charge on any atom is -0.494 e. The molecule has 0 bridgehead atoms. The lowest BCUT2D eigenvalue weighted by Gasteiger charge is -2.09. The molecule has 2 nitrogen and oxygen atoms in total. The van der Waals surface area contributed by atoms with Crippen molar-refractivity contribution in [2.75, 3.05) is 6.61 Å². The number of terminal acetylenes is 1. The first-order chi connectivity index (χ1) is 7.77. The molecule has 0 aromatic heterocycles. The van der Waals surface area contributed by atoms with Gasteiger partial charge < -0.3 is 9.84 Å². The summed E-state index contributed by atoms with van der Waals surface area (Å²) in [6, 6.07) is 7.55. The molecule has 86 valence electrons. The average Bonchev–Trinajstić information content (AvgIpc) is 2.34. The maximum atomic E-state index is 9.60.